The van der Waals surface area contributed by atoms with Crippen LogP contribution < -0.4 is 0 Å². The molecule has 2 heterocycles. The highest BCUT2D eigenvalue weighted by Gasteiger charge is 2.32. The molecule has 1 aliphatic heterocycles. The number of carboxylic acid groups (broad SMARTS) is 1. The molecule has 0 radical (unpaired) electrons. The molecule has 86 valence electrons. The van der Waals surface area contributed by atoms with Crippen LogP contribution in [0.3, 0.4) is 0 Å². The molecule has 1 unspecified atom stereocenters. The lowest BCUT2D eigenvalue weighted by molar-refractivity contribution is -0.128. The number of thiophene rings is 1. The zero-order valence-electron chi connectivity index (χ0n) is 8.46. The van der Waals surface area contributed by atoms with Crippen LogP contribution in [0, 0.1) is 0 Å². The quantitative estimate of drug-likeness (QED) is 0.815. The Balaban J connectivity index is 1.92. The van der Waals surface area contributed by atoms with Gasteiger partial charge in [0.1, 0.15) is 6.10 Å². The summed E-state index contributed by atoms with van der Waals surface area (Å²) >= 11 is 1.58. The Hall–Kier alpha value is -1.56. The molecule has 1 atom stereocenters. The molecule has 1 aromatic heterocycles. The second-order valence-electron chi connectivity index (χ2n) is 3.56. The topological polar surface area (TPSA) is 66.8 Å². The van der Waals surface area contributed by atoms with Gasteiger partial charge in [0.2, 0.25) is 5.91 Å². The molecular formula is C10H11NO4S. The normalized spacial score (nSPS) is 20.1. The van der Waals surface area contributed by atoms with Crippen LogP contribution in [-0.4, -0.2) is 34.7 Å². The van der Waals surface area contributed by atoms with Gasteiger partial charge in [-0.15, -0.1) is 11.3 Å². The van der Waals surface area contributed by atoms with E-state index in [0.717, 1.165) is 4.88 Å². The summed E-state index contributed by atoms with van der Waals surface area (Å²) < 4.78 is 4.59. The average molecular weight is 241 g/mol. The van der Waals surface area contributed by atoms with Crippen molar-refractivity contribution < 1.29 is 19.4 Å². The fourth-order valence-electron chi connectivity index (χ4n) is 1.70. The summed E-state index contributed by atoms with van der Waals surface area (Å²) in [5.41, 5.74) is 0. The van der Waals surface area contributed by atoms with E-state index in [0.29, 0.717) is 13.1 Å². The number of carbonyl (C=O) groups excluding carboxylic acids is 1. The van der Waals surface area contributed by atoms with E-state index in [9.17, 15) is 9.59 Å². The molecule has 1 N–H and O–H groups in total. The number of carbonyl (C=O) groups is 2. The van der Waals surface area contributed by atoms with Crippen molar-refractivity contribution >= 4 is 23.4 Å². The van der Waals surface area contributed by atoms with Gasteiger partial charge < -0.3 is 14.7 Å². The Morgan fingerprint density at radius 1 is 1.69 bits per heavy atom. The number of rotatable bonds is 3. The zero-order valence-corrected chi connectivity index (χ0v) is 9.27. The van der Waals surface area contributed by atoms with Crippen molar-refractivity contribution in [2.45, 2.75) is 19.1 Å². The Morgan fingerprint density at radius 2 is 2.50 bits per heavy atom. The number of nitrogens with zero attached hydrogens (tertiary/aromatic N) is 1. The van der Waals surface area contributed by atoms with Crippen molar-refractivity contribution in [1.82, 2.24) is 4.90 Å². The molecule has 1 amide bonds. The van der Waals surface area contributed by atoms with E-state index < -0.39 is 12.3 Å². The van der Waals surface area contributed by atoms with Gasteiger partial charge in [0.25, 0.3) is 0 Å². The fraction of sp³-hybridized carbons (Fsp3) is 0.400. The van der Waals surface area contributed by atoms with Crippen LogP contribution in [0.1, 0.15) is 11.3 Å². The summed E-state index contributed by atoms with van der Waals surface area (Å²) in [4.78, 5) is 24.6. The molecule has 1 saturated heterocycles. The van der Waals surface area contributed by atoms with Gasteiger partial charge in [0.05, 0.1) is 19.5 Å². The Labute approximate surface area is 96.2 Å². The van der Waals surface area contributed by atoms with Crippen LogP contribution in [0.4, 0.5) is 4.79 Å². The maximum atomic E-state index is 11.6. The van der Waals surface area contributed by atoms with E-state index >= 15 is 0 Å². The monoisotopic (exact) mass is 241 g/mol. The molecule has 0 aliphatic carbocycles. The lowest BCUT2D eigenvalue weighted by atomic mass is 10.3. The lowest BCUT2D eigenvalue weighted by Gasteiger charge is -2.14. The summed E-state index contributed by atoms with van der Waals surface area (Å²) in [6, 6.07) is 3.87. The summed E-state index contributed by atoms with van der Waals surface area (Å²) in [7, 11) is 0. The third-order valence-electron chi connectivity index (χ3n) is 2.37. The van der Waals surface area contributed by atoms with Gasteiger partial charge in [0, 0.05) is 4.88 Å². The van der Waals surface area contributed by atoms with Gasteiger partial charge in [-0.25, -0.2) is 4.79 Å². The van der Waals surface area contributed by atoms with Crippen LogP contribution in [-0.2, 0) is 16.1 Å². The van der Waals surface area contributed by atoms with Crippen molar-refractivity contribution in [2.75, 3.05) is 6.54 Å². The molecule has 1 aliphatic rings. The summed E-state index contributed by atoms with van der Waals surface area (Å²) in [6.45, 7) is 0.888. The van der Waals surface area contributed by atoms with Gasteiger partial charge in [0.15, 0.2) is 0 Å². The first kappa shape index (κ1) is 10.9. The Kier molecular flexibility index (Phi) is 3.09. The third-order valence-corrected chi connectivity index (χ3v) is 3.23. The lowest BCUT2D eigenvalue weighted by Crippen LogP contribution is -2.26. The summed E-state index contributed by atoms with van der Waals surface area (Å²) in [5.74, 6) is -0.0559. The second-order valence-corrected chi connectivity index (χ2v) is 4.60. The largest absolute Gasteiger partial charge is 0.506 e. The predicted octanol–water partition coefficient (Wildman–Crippen LogP) is 1.54. The number of hydrogen-bond donors (Lipinski definition) is 1. The van der Waals surface area contributed by atoms with Gasteiger partial charge >= 0.3 is 6.16 Å². The fourth-order valence-corrected chi connectivity index (χ4v) is 2.42. The summed E-state index contributed by atoms with van der Waals surface area (Å²) in [5, 5.41) is 10.4. The maximum absolute atomic E-state index is 11.6. The predicted molar refractivity (Wildman–Crippen MR) is 57.3 cm³/mol. The Bertz CT molecular complexity index is 390. The highest BCUT2D eigenvalue weighted by molar-refractivity contribution is 7.09. The van der Waals surface area contributed by atoms with Gasteiger partial charge in [-0.1, -0.05) is 6.07 Å². The first-order valence-electron chi connectivity index (χ1n) is 4.85. The van der Waals surface area contributed by atoms with Crippen molar-refractivity contribution in [3.05, 3.63) is 22.4 Å². The number of amides is 1. The van der Waals surface area contributed by atoms with Crippen molar-refractivity contribution in [3.63, 3.8) is 0 Å². The van der Waals surface area contributed by atoms with E-state index in [1.165, 1.54) is 0 Å². The number of likely N-dealkylation sites (tertiary alicyclic amines) is 1. The minimum atomic E-state index is -1.32. The van der Waals surface area contributed by atoms with E-state index in [4.69, 9.17) is 5.11 Å². The van der Waals surface area contributed by atoms with Crippen LogP contribution in [0.15, 0.2) is 17.5 Å². The van der Waals surface area contributed by atoms with Crippen molar-refractivity contribution in [2.24, 2.45) is 0 Å². The molecule has 2 rings (SSSR count). The highest BCUT2D eigenvalue weighted by Crippen LogP contribution is 2.19. The minimum Gasteiger partial charge on any atom is -0.450 e. The zero-order chi connectivity index (χ0) is 11.5. The molecule has 16 heavy (non-hydrogen) atoms. The molecule has 0 saturated carbocycles. The van der Waals surface area contributed by atoms with Gasteiger partial charge in [-0.2, -0.15) is 0 Å². The van der Waals surface area contributed by atoms with Crippen LogP contribution in [0.5, 0.6) is 0 Å². The summed E-state index contributed by atoms with van der Waals surface area (Å²) in [6.07, 6.45) is -1.70. The van der Waals surface area contributed by atoms with Crippen LogP contribution in [0.25, 0.3) is 0 Å². The average Bonchev–Trinajstić information content (AvgIpc) is 2.77. The first-order valence-corrected chi connectivity index (χ1v) is 5.73. The molecule has 0 spiro atoms. The Morgan fingerprint density at radius 3 is 3.12 bits per heavy atom. The SMILES string of the molecule is O=C(O)OC1CC(=O)N(Cc2cccs2)C1. The molecular weight excluding hydrogens is 230 g/mol. The smallest absolute Gasteiger partial charge is 0.450 e. The van der Waals surface area contributed by atoms with E-state index in [1.54, 1.807) is 16.2 Å². The number of hydrogen-bond acceptors (Lipinski definition) is 4. The molecule has 6 heteroatoms. The highest BCUT2D eigenvalue weighted by atomic mass is 32.1. The van der Waals surface area contributed by atoms with Gasteiger partial charge in [-0.05, 0) is 11.4 Å². The molecule has 0 bridgehead atoms. The van der Waals surface area contributed by atoms with Gasteiger partial charge in [-0.3, -0.25) is 4.79 Å². The molecule has 1 aromatic rings. The molecule has 5 nitrogen and oxygen atoms in total. The van der Waals surface area contributed by atoms with Crippen molar-refractivity contribution in [3.8, 4) is 0 Å². The van der Waals surface area contributed by atoms with E-state index in [1.807, 2.05) is 17.5 Å². The van der Waals surface area contributed by atoms with Crippen LogP contribution in [0.2, 0.25) is 0 Å². The molecule has 0 aromatic carbocycles. The van der Waals surface area contributed by atoms with E-state index in [2.05, 4.69) is 4.74 Å². The van der Waals surface area contributed by atoms with Crippen molar-refractivity contribution in [1.29, 1.82) is 0 Å². The minimum absolute atomic E-state index is 0.0559. The second kappa shape index (κ2) is 4.52. The third kappa shape index (κ3) is 2.52. The van der Waals surface area contributed by atoms with Crippen LogP contribution >= 0.6 is 11.3 Å². The first-order chi connectivity index (χ1) is 7.65. The molecule has 1 fully saturated rings. The number of ether oxygens (including phenoxy) is 1. The maximum Gasteiger partial charge on any atom is 0.506 e. The standard InChI is InChI=1S/C10H11NO4S/c12-9-4-7(15-10(13)14)5-11(9)6-8-2-1-3-16-8/h1-3,7H,4-6H2,(H,13,14). The van der Waals surface area contributed by atoms with E-state index in [-0.39, 0.29) is 12.3 Å².